The number of piperidine rings is 1. The zero-order chi connectivity index (χ0) is 19.9. The topological polar surface area (TPSA) is 108 Å². The van der Waals surface area contributed by atoms with Gasteiger partial charge in [0.1, 0.15) is 0 Å². The minimum atomic E-state index is -3.56. The Balaban J connectivity index is 1.95. The van der Waals surface area contributed by atoms with E-state index in [2.05, 4.69) is 0 Å². The van der Waals surface area contributed by atoms with E-state index in [0.717, 1.165) is 19.3 Å². The molecule has 1 aromatic rings. The molecule has 1 aromatic carbocycles. The largest absolute Gasteiger partial charge is 0.452 e. The first-order valence-electron chi connectivity index (χ1n) is 8.74. The van der Waals surface area contributed by atoms with Gasteiger partial charge in [0.2, 0.25) is 10.0 Å². The predicted octanol–water partition coefficient (Wildman–Crippen LogP) is 1.39. The van der Waals surface area contributed by atoms with Gasteiger partial charge in [0, 0.05) is 26.7 Å². The van der Waals surface area contributed by atoms with Gasteiger partial charge in [-0.05, 0) is 37.1 Å². The molecule has 1 amide bonds. The van der Waals surface area contributed by atoms with Crippen molar-refractivity contribution >= 4 is 21.9 Å². The number of nitrogens with zero attached hydrogens (tertiary/aromatic N) is 3. The maximum absolute atomic E-state index is 12.6. The zero-order valence-corrected chi connectivity index (χ0v) is 16.1. The van der Waals surface area contributed by atoms with Crippen LogP contribution in [0.4, 0.5) is 0 Å². The van der Waals surface area contributed by atoms with Crippen molar-refractivity contribution in [1.82, 2.24) is 9.21 Å². The minimum absolute atomic E-state index is 0.133. The van der Waals surface area contributed by atoms with Gasteiger partial charge in [0.15, 0.2) is 6.61 Å². The lowest BCUT2D eigenvalue weighted by atomic mass is 10.2. The van der Waals surface area contributed by atoms with Crippen LogP contribution in [0.5, 0.6) is 0 Å². The summed E-state index contributed by atoms with van der Waals surface area (Å²) < 4.78 is 31.6. The van der Waals surface area contributed by atoms with Gasteiger partial charge in [-0.25, -0.2) is 13.2 Å². The quantitative estimate of drug-likeness (QED) is 0.648. The van der Waals surface area contributed by atoms with Gasteiger partial charge in [-0.15, -0.1) is 0 Å². The SMILES string of the molecule is CN(CCC#N)C(=O)COC(=O)c1ccc(S(=O)(=O)N2CCCCC2)cc1. The molecular weight excluding hydrogens is 370 g/mol. The van der Waals surface area contributed by atoms with Gasteiger partial charge < -0.3 is 9.64 Å². The van der Waals surface area contributed by atoms with Crippen molar-refractivity contribution in [2.24, 2.45) is 0 Å². The average molecular weight is 393 g/mol. The van der Waals surface area contributed by atoms with Crippen molar-refractivity contribution in [2.45, 2.75) is 30.6 Å². The van der Waals surface area contributed by atoms with E-state index in [-0.39, 0.29) is 23.4 Å². The van der Waals surface area contributed by atoms with E-state index in [1.807, 2.05) is 6.07 Å². The fourth-order valence-corrected chi connectivity index (χ4v) is 4.20. The molecule has 0 atom stereocenters. The molecule has 27 heavy (non-hydrogen) atoms. The van der Waals surface area contributed by atoms with E-state index >= 15 is 0 Å². The van der Waals surface area contributed by atoms with Gasteiger partial charge >= 0.3 is 5.97 Å². The predicted molar refractivity (Wildman–Crippen MR) is 97.2 cm³/mol. The number of sulfonamides is 1. The second-order valence-corrected chi connectivity index (χ2v) is 8.23. The zero-order valence-electron chi connectivity index (χ0n) is 15.3. The number of esters is 1. The maximum atomic E-state index is 12.6. The highest BCUT2D eigenvalue weighted by atomic mass is 32.2. The van der Waals surface area contributed by atoms with Crippen LogP contribution in [0.3, 0.4) is 0 Å². The molecule has 0 saturated carbocycles. The van der Waals surface area contributed by atoms with Gasteiger partial charge in [0.25, 0.3) is 5.91 Å². The number of carbonyl (C=O) groups excluding carboxylic acids is 2. The molecule has 0 N–H and O–H groups in total. The first kappa shape index (κ1) is 20.9. The summed E-state index contributed by atoms with van der Waals surface area (Å²) in [5.41, 5.74) is 0.167. The fourth-order valence-electron chi connectivity index (χ4n) is 2.68. The van der Waals surface area contributed by atoms with Crippen molar-refractivity contribution in [1.29, 1.82) is 5.26 Å². The molecule has 1 aliphatic rings. The maximum Gasteiger partial charge on any atom is 0.338 e. The third-order valence-corrected chi connectivity index (χ3v) is 6.27. The molecule has 146 valence electrons. The lowest BCUT2D eigenvalue weighted by Gasteiger charge is -2.25. The summed E-state index contributed by atoms with van der Waals surface area (Å²) in [5, 5.41) is 8.51. The number of ether oxygens (including phenoxy) is 1. The summed E-state index contributed by atoms with van der Waals surface area (Å²) in [6, 6.07) is 7.44. The van der Waals surface area contributed by atoms with Crippen molar-refractivity contribution in [3.05, 3.63) is 29.8 Å². The van der Waals surface area contributed by atoms with Gasteiger partial charge in [-0.3, -0.25) is 4.79 Å². The van der Waals surface area contributed by atoms with Crippen LogP contribution in [0, 0.1) is 11.3 Å². The first-order valence-corrected chi connectivity index (χ1v) is 10.2. The van der Waals surface area contributed by atoms with Crippen molar-refractivity contribution in [3.8, 4) is 6.07 Å². The van der Waals surface area contributed by atoms with Crippen LogP contribution in [0.1, 0.15) is 36.0 Å². The Bertz CT molecular complexity index is 808. The molecule has 9 heteroatoms. The Kier molecular flexibility index (Phi) is 7.33. The second-order valence-electron chi connectivity index (χ2n) is 6.29. The third kappa shape index (κ3) is 5.52. The van der Waals surface area contributed by atoms with E-state index in [4.69, 9.17) is 10.00 Å². The standard InChI is InChI=1S/C18H23N3O5S/c1-20(11-5-10-19)17(22)14-26-18(23)15-6-8-16(9-7-15)27(24,25)21-12-3-2-4-13-21/h6-9H,2-5,11-14H2,1H3. The van der Waals surface area contributed by atoms with Crippen molar-refractivity contribution in [3.63, 3.8) is 0 Å². The van der Waals surface area contributed by atoms with E-state index < -0.39 is 28.5 Å². The Morgan fingerprint density at radius 2 is 1.81 bits per heavy atom. The van der Waals surface area contributed by atoms with Gasteiger partial charge in [0.05, 0.1) is 22.9 Å². The number of hydrogen-bond acceptors (Lipinski definition) is 6. The summed E-state index contributed by atoms with van der Waals surface area (Å²) in [6.07, 6.45) is 2.92. The summed E-state index contributed by atoms with van der Waals surface area (Å²) in [4.78, 5) is 25.3. The van der Waals surface area contributed by atoms with Crippen LogP contribution >= 0.6 is 0 Å². The average Bonchev–Trinajstić information content (AvgIpc) is 2.70. The number of benzene rings is 1. The number of hydrogen-bond donors (Lipinski definition) is 0. The Labute approximate surface area is 159 Å². The van der Waals surface area contributed by atoms with Gasteiger partial charge in [-0.2, -0.15) is 9.57 Å². The normalized spacial score (nSPS) is 15.0. The number of amides is 1. The Morgan fingerprint density at radius 1 is 1.19 bits per heavy atom. The van der Waals surface area contributed by atoms with E-state index in [9.17, 15) is 18.0 Å². The van der Waals surface area contributed by atoms with Crippen LogP contribution in [0.15, 0.2) is 29.2 Å². The number of nitriles is 1. The smallest absolute Gasteiger partial charge is 0.338 e. The molecule has 0 unspecified atom stereocenters. The number of likely N-dealkylation sites (N-methyl/N-ethyl adjacent to an activating group) is 1. The van der Waals surface area contributed by atoms with Crippen molar-refractivity contribution < 1.29 is 22.7 Å². The van der Waals surface area contributed by atoms with E-state index in [1.54, 1.807) is 0 Å². The molecule has 1 fully saturated rings. The fraction of sp³-hybridized carbons (Fsp3) is 0.500. The minimum Gasteiger partial charge on any atom is -0.452 e. The molecule has 0 spiro atoms. The summed E-state index contributed by atoms with van der Waals surface area (Å²) in [6.45, 7) is 0.839. The molecule has 1 aliphatic heterocycles. The Morgan fingerprint density at radius 3 is 2.41 bits per heavy atom. The summed E-state index contributed by atoms with van der Waals surface area (Å²) in [5.74, 6) is -1.12. The molecule has 8 nitrogen and oxygen atoms in total. The van der Waals surface area contributed by atoms with Crippen LogP contribution in [-0.2, 0) is 19.6 Å². The Hall–Kier alpha value is -2.44. The second kappa shape index (κ2) is 9.48. The molecular formula is C18H23N3O5S. The van der Waals surface area contributed by atoms with Crippen LogP contribution in [0.2, 0.25) is 0 Å². The van der Waals surface area contributed by atoms with Crippen LogP contribution in [-0.4, -0.2) is 62.8 Å². The lowest BCUT2D eigenvalue weighted by molar-refractivity contribution is -0.133. The summed E-state index contributed by atoms with van der Waals surface area (Å²) >= 11 is 0. The first-order chi connectivity index (χ1) is 12.9. The number of rotatable bonds is 7. The van der Waals surface area contributed by atoms with Crippen LogP contribution < -0.4 is 0 Å². The molecule has 0 radical (unpaired) electrons. The molecule has 0 bridgehead atoms. The molecule has 0 aliphatic carbocycles. The lowest BCUT2D eigenvalue weighted by Crippen LogP contribution is -2.35. The highest BCUT2D eigenvalue weighted by Crippen LogP contribution is 2.21. The molecule has 0 aromatic heterocycles. The van der Waals surface area contributed by atoms with Gasteiger partial charge in [-0.1, -0.05) is 6.42 Å². The third-order valence-electron chi connectivity index (χ3n) is 4.35. The molecule has 1 heterocycles. The highest BCUT2D eigenvalue weighted by molar-refractivity contribution is 7.89. The molecule has 1 saturated heterocycles. The monoisotopic (exact) mass is 393 g/mol. The number of carbonyl (C=O) groups is 2. The van der Waals surface area contributed by atoms with E-state index in [1.165, 1.54) is 40.5 Å². The molecule has 2 rings (SSSR count). The van der Waals surface area contributed by atoms with E-state index in [0.29, 0.717) is 13.1 Å². The van der Waals surface area contributed by atoms with Crippen LogP contribution in [0.25, 0.3) is 0 Å². The highest BCUT2D eigenvalue weighted by Gasteiger charge is 2.26. The summed E-state index contributed by atoms with van der Waals surface area (Å²) in [7, 11) is -2.03. The van der Waals surface area contributed by atoms with Crippen molar-refractivity contribution in [2.75, 3.05) is 33.3 Å².